The molecule has 0 aliphatic rings. The highest BCUT2D eigenvalue weighted by molar-refractivity contribution is 7.99. The van der Waals surface area contributed by atoms with Crippen LogP contribution in [0.2, 0.25) is 0 Å². The Bertz CT molecular complexity index is 1040. The number of nitrogens with one attached hydrogen (secondary N) is 2. The first-order valence-corrected chi connectivity index (χ1v) is 19.6. The average molecular weight is 714 g/mol. The summed E-state index contributed by atoms with van der Waals surface area (Å²) in [6.45, 7) is 5.87. The predicted octanol–water partition coefficient (Wildman–Crippen LogP) is 5.32. The van der Waals surface area contributed by atoms with Crippen molar-refractivity contribution in [3.8, 4) is 0 Å². The van der Waals surface area contributed by atoms with Crippen molar-refractivity contribution in [3.05, 3.63) is 6.20 Å². The van der Waals surface area contributed by atoms with E-state index in [1.807, 2.05) is 0 Å². The second-order valence-electron chi connectivity index (χ2n) is 12.6. The highest BCUT2D eigenvalue weighted by atomic mass is 32.2. The van der Waals surface area contributed by atoms with Gasteiger partial charge in [0.15, 0.2) is 5.82 Å². The van der Waals surface area contributed by atoms with Gasteiger partial charge in [0.2, 0.25) is 11.8 Å². The zero-order valence-corrected chi connectivity index (χ0v) is 31.0. The smallest absolute Gasteiger partial charge is 0.306 e. The molecule has 14 heteroatoms. The quantitative estimate of drug-likeness (QED) is 0.0577. The number of esters is 2. The lowest BCUT2D eigenvalue weighted by Crippen LogP contribution is -2.45. The summed E-state index contributed by atoms with van der Waals surface area (Å²) in [6.07, 6.45) is 15.5. The van der Waals surface area contributed by atoms with E-state index in [0.717, 1.165) is 96.3 Å². The van der Waals surface area contributed by atoms with Crippen molar-refractivity contribution in [2.75, 3.05) is 30.0 Å². The number of thioether (sulfide) groups is 1. The summed E-state index contributed by atoms with van der Waals surface area (Å²) in [5.41, 5.74) is 0. The van der Waals surface area contributed by atoms with Crippen LogP contribution in [-0.2, 0) is 35.2 Å². The Morgan fingerprint density at radius 2 is 1.39 bits per heavy atom. The number of nitrogens with zero attached hydrogens (tertiary/aromatic N) is 3. The van der Waals surface area contributed by atoms with Gasteiger partial charge in [-0.15, -0.1) is 5.10 Å². The molecule has 0 aromatic carbocycles. The van der Waals surface area contributed by atoms with Crippen LogP contribution in [0.3, 0.4) is 0 Å². The van der Waals surface area contributed by atoms with Gasteiger partial charge in [-0.25, -0.2) is 4.68 Å². The van der Waals surface area contributed by atoms with Crippen molar-refractivity contribution >= 4 is 41.3 Å². The lowest BCUT2D eigenvalue weighted by Gasteiger charge is -2.21. The zero-order chi connectivity index (χ0) is 36.1. The van der Waals surface area contributed by atoms with Crippen LogP contribution in [0.5, 0.6) is 0 Å². The van der Waals surface area contributed by atoms with Crippen molar-refractivity contribution in [3.63, 3.8) is 0 Å². The van der Waals surface area contributed by atoms with Gasteiger partial charge in [-0.1, -0.05) is 103 Å². The fraction of sp³-hybridized carbons (Fsp3) is 0.829. The Labute approximate surface area is 297 Å². The molecule has 0 aliphatic carbocycles. The highest BCUT2D eigenvalue weighted by Gasteiger charge is 2.24. The minimum atomic E-state index is -1.03. The van der Waals surface area contributed by atoms with Gasteiger partial charge >= 0.3 is 11.9 Å². The molecule has 0 saturated carbocycles. The van der Waals surface area contributed by atoms with Crippen LogP contribution >= 0.6 is 11.8 Å². The number of aromatic nitrogens is 3. The van der Waals surface area contributed by atoms with Gasteiger partial charge in [-0.3, -0.25) is 19.2 Å². The van der Waals surface area contributed by atoms with Crippen molar-refractivity contribution in [1.29, 1.82) is 0 Å². The number of carbonyl (C=O) groups is 4. The number of aliphatic hydroxyl groups is 2. The van der Waals surface area contributed by atoms with Crippen molar-refractivity contribution in [2.45, 2.75) is 161 Å². The van der Waals surface area contributed by atoms with Crippen LogP contribution in [0.4, 0.5) is 5.82 Å². The lowest BCUT2D eigenvalue weighted by atomic mass is 10.1. The van der Waals surface area contributed by atoms with Gasteiger partial charge in [-0.05, 0) is 19.3 Å². The molecule has 1 aromatic rings. The van der Waals surface area contributed by atoms with E-state index in [-0.39, 0.29) is 54.7 Å². The van der Waals surface area contributed by atoms with Crippen LogP contribution in [0.1, 0.15) is 136 Å². The Morgan fingerprint density at radius 1 is 0.816 bits per heavy atom. The third-order valence-corrected chi connectivity index (χ3v) is 9.02. The van der Waals surface area contributed by atoms with E-state index in [9.17, 15) is 24.3 Å². The molecular formula is C35H63N5O8S. The number of carbonyl (C=O) groups excluding carboxylic acids is 4. The summed E-state index contributed by atoms with van der Waals surface area (Å²) in [5, 5.41) is 32.0. The number of amides is 2. The molecule has 0 fully saturated rings. The van der Waals surface area contributed by atoms with Crippen LogP contribution in [0.15, 0.2) is 6.20 Å². The molecule has 0 unspecified atom stereocenters. The molecule has 49 heavy (non-hydrogen) atoms. The monoisotopic (exact) mass is 713 g/mol. The normalized spacial score (nSPS) is 13.0. The average Bonchev–Trinajstić information content (AvgIpc) is 3.52. The molecule has 0 saturated heterocycles. The molecule has 2 amide bonds. The molecule has 1 rings (SSSR count). The summed E-state index contributed by atoms with van der Waals surface area (Å²) in [4.78, 5) is 51.2. The predicted molar refractivity (Wildman–Crippen MR) is 192 cm³/mol. The summed E-state index contributed by atoms with van der Waals surface area (Å²) < 4.78 is 12.5. The van der Waals surface area contributed by atoms with Crippen LogP contribution in [-0.4, -0.2) is 91.9 Å². The molecule has 1 aromatic heterocycles. The fourth-order valence-electron chi connectivity index (χ4n) is 4.95. The fourth-order valence-corrected chi connectivity index (χ4v) is 5.99. The molecule has 13 nitrogen and oxygen atoms in total. The molecular weight excluding hydrogens is 650 g/mol. The summed E-state index contributed by atoms with van der Waals surface area (Å²) >= 11 is 1.31. The maximum absolute atomic E-state index is 13.3. The number of ether oxygens (including phenoxy) is 2. The first kappa shape index (κ1) is 44.3. The number of rotatable bonds is 31. The van der Waals surface area contributed by atoms with Gasteiger partial charge < -0.3 is 30.3 Å². The summed E-state index contributed by atoms with van der Waals surface area (Å²) in [5.74, 6) is -0.866. The molecule has 0 bridgehead atoms. The maximum atomic E-state index is 13.3. The molecule has 3 atom stereocenters. The van der Waals surface area contributed by atoms with Crippen molar-refractivity contribution < 1.29 is 38.9 Å². The maximum Gasteiger partial charge on any atom is 0.306 e. The van der Waals surface area contributed by atoms with Crippen LogP contribution in [0.25, 0.3) is 0 Å². The summed E-state index contributed by atoms with van der Waals surface area (Å²) in [7, 11) is 0. The highest BCUT2D eigenvalue weighted by Crippen LogP contribution is 2.15. The third kappa shape index (κ3) is 23.4. The lowest BCUT2D eigenvalue weighted by molar-refractivity contribution is -0.157. The van der Waals surface area contributed by atoms with E-state index in [0.29, 0.717) is 12.8 Å². The Morgan fingerprint density at radius 3 is 1.98 bits per heavy atom. The van der Waals surface area contributed by atoms with Crippen molar-refractivity contribution in [1.82, 2.24) is 20.3 Å². The van der Waals surface area contributed by atoms with E-state index in [1.54, 1.807) is 0 Å². The molecule has 282 valence electrons. The van der Waals surface area contributed by atoms with E-state index in [1.165, 1.54) is 22.6 Å². The molecule has 0 radical (unpaired) electrons. The number of aliphatic hydroxyl groups excluding tert-OH is 2. The van der Waals surface area contributed by atoms with E-state index >= 15 is 0 Å². The van der Waals surface area contributed by atoms with Gasteiger partial charge in [0, 0.05) is 30.8 Å². The van der Waals surface area contributed by atoms with E-state index < -0.39 is 30.8 Å². The minimum absolute atomic E-state index is 0.00427. The number of hydrogen-bond acceptors (Lipinski definition) is 11. The first-order chi connectivity index (χ1) is 23.7. The second kappa shape index (κ2) is 29.1. The minimum Gasteiger partial charge on any atom is -0.462 e. The SMILES string of the molecule is CCCCCCCC(=O)N[C@H](CSC[C@@H](COC(=O)CCCCCCC)OC(=O)CCCCCCC)C(=O)Nc1cn(C[C@@H](O)CO)nn1. The largest absolute Gasteiger partial charge is 0.462 e. The van der Waals surface area contributed by atoms with Crippen LogP contribution in [0, 0.1) is 0 Å². The summed E-state index contributed by atoms with van der Waals surface area (Å²) in [6, 6.07) is -0.929. The zero-order valence-electron chi connectivity index (χ0n) is 30.2. The van der Waals surface area contributed by atoms with E-state index in [4.69, 9.17) is 14.6 Å². The van der Waals surface area contributed by atoms with E-state index in [2.05, 4.69) is 41.7 Å². The Hall–Kier alpha value is -2.71. The van der Waals surface area contributed by atoms with Gasteiger partial charge in [0.25, 0.3) is 0 Å². The molecule has 4 N–H and O–H groups in total. The Balaban J connectivity index is 2.85. The standard InChI is InChI=1S/C35H63N5O8S/c1-4-7-10-13-16-19-32(43)36-30(35(46)37-31-23-40(39-38-31)22-28(42)24-41)27-49-26-29(48-34(45)21-18-15-12-9-6-3)25-47-33(44)20-17-14-11-8-5-2/h23,28-30,41-42H,4-22,24-27H2,1-3H3,(H,36,43)(H,37,46)/t28-,29-,30-/m1/s1. The topological polar surface area (TPSA) is 182 Å². The third-order valence-electron chi connectivity index (χ3n) is 7.84. The van der Waals surface area contributed by atoms with Crippen molar-refractivity contribution in [2.24, 2.45) is 0 Å². The number of hydrogen-bond donors (Lipinski definition) is 4. The second-order valence-corrected chi connectivity index (χ2v) is 13.7. The number of anilines is 1. The molecule has 0 aliphatic heterocycles. The van der Waals surface area contributed by atoms with Crippen LogP contribution < -0.4 is 10.6 Å². The Kier molecular flexibility index (Phi) is 26.3. The molecule has 1 heterocycles. The number of unbranched alkanes of at least 4 members (excludes halogenated alkanes) is 12. The first-order valence-electron chi connectivity index (χ1n) is 18.4. The molecule has 0 spiro atoms. The van der Waals surface area contributed by atoms with Gasteiger partial charge in [0.05, 0.1) is 25.5 Å². The van der Waals surface area contributed by atoms with Gasteiger partial charge in [-0.2, -0.15) is 11.8 Å². The van der Waals surface area contributed by atoms with Gasteiger partial charge in [0.1, 0.15) is 18.8 Å².